The van der Waals surface area contributed by atoms with Crippen molar-refractivity contribution < 1.29 is 13.9 Å². The molecular formula is C13H14O3. The van der Waals surface area contributed by atoms with Gasteiger partial charge in [-0.2, -0.15) is 0 Å². The summed E-state index contributed by atoms with van der Waals surface area (Å²) < 4.78 is 16.8. The number of fused-ring (bicyclic) bond motifs is 1. The second-order valence-corrected chi connectivity index (χ2v) is 4.13. The van der Waals surface area contributed by atoms with Gasteiger partial charge in [0, 0.05) is 11.8 Å². The van der Waals surface area contributed by atoms with E-state index in [-0.39, 0.29) is 6.10 Å². The van der Waals surface area contributed by atoms with Gasteiger partial charge in [-0.25, -0.2) is 0 Å². The summed E-state index contributed by atoms with van der Waals surface area (Å²) in [6, 6.07) is 7.99. The highest BCUT2D eigenvalue weighted by Gasteiger charge is 2.19. The summed E-state index contributed by atoms with van der Waals surface area (Å²) in [6.45, 7) is 3.41. The maximum absolute atomic E-state index is 5.88. The standard InChI is InChI=1S/C13H14O3/c1-9-7-10-3-2-4-12(13(10)15-9)16-11-5-6-14-8-11/h2-4,7,11H,5-6,8H2,1H3/t11-/m1/s1. The third kappa shape index (κ3) is 1.67. The molecule has 2 heterocycles. The van der Waals surface area contributed by atoms with Gasteiger partial charge >= 0.3 is 0 Å². The highest BCUT2D eigenvalue weighted by Crippen LogP contribution is 2.29. The quantitative estimate of drug-likeness (QED) is 0.776. The molecular weight excluding hydrogens is 204 g/mol. The number of hydrogen-bond donors (Lipinski definition) is 0. The van der Waals surface area contributed by atoms with Crippen LogP contribution in [0, 0.1) is 6.92 Å². The molecule has 84 valence electrons. The molecule has 0 bridgehead atoms. The second-order valence-electron chi connectivity index (χ2n) is 4.13. The Labute approximate surface area is 94.0 Å². The number of aryl methyl sites for hydroxylation is 1. The number of ether oxygens (including phenoxy) is 2. The van der Waals surface area contributed by atoms with E-state index in [0.29, 0.717) is 6.61 Å². The summed E-state index contributed by atoms with van der Waals surface area (Å²) in [5.41, 5.74) is 0.840. The molecule has 1 fully saturated rings. The Kier molecular flexibility index (Phi) is 2.33. The van der Waals surface area contributed by atoms with E-state index in [2.05, 4.69) is 0 Å². The molecule has 3 heteroatoms. The minimum Gasteiger partial charge on any atom is -0.484 e. The van der Waals surface area contributed by atoms with E-state index in [1.165, 1.54) is 0 Å². The van der Waals surface area contributed by atoms with Crippen LogP contribution < -0.4 is 4.74 Å². The molecule has 2 aromatic rings. The molecule has 1 aromatic carbocycles. The average molecular weight is 218 g/mol. The molecule has 0 N–H and O–H groups in total. The van der Waals surface area contributed by atoms with Crippen molar-refractivity contribution in [2.24, 2.45) is 0 Å². The molecule has 0 radical (unpaired) electrons. The van der Waals surface area contributed by atoms with E-state index in [1.54, 1.807) is 0 Å². The zero-order valence-electron chi connectivity index (χ0n) is 9.23. The topological polar surface area (TPSA) is 31.6 Å². The SMILES string of the molecule is Cc1cc2cccc(O[C@@H]3CCOC3)c2o1. The van der Waals surface area contributed by atoms with E-state index in [1.807, 2.05) is 31.2 Å². The van der Waals surface area contributed by atoms with E-state index < -0.39 is 0 Å². The molecule has 1 aliphatic rings. The smallest absolute Gasteiger partial charge is 0.176 e. The predicted octanol–water partition coefficient (Wildman–Crippen LogP) is 2.91. The Morgan fingerprint density at radius 2 is 2.31 bits per heavy atom. The number of rotatable bonds is 2. The molecule has 0 spiro atoms. The second kappa shape index (κ2) is 3.83. The lowest BCUT2D eigenvalue weighted by Gasteiger charge is -2.11. The van der Waals surface area contributed by atoms with Crippen LogP contribution in [0.1, 0.15) is 12.2 Å². The van der Waals surface area contributed by atoms with E-state index in [9.17, 15) is 0 Å². The number of benzene rings is 1. The van der Waals surface area contributed by atoms with Crippen molar-refractivity contribution >= 4 is 11.0 Å². The summed E-state index contributed by atoms with van der Waals surface area (Å²) in [4.78, 5) is 0. The maximum atomic E-state index is 5.88. The number of para-hydroxylation sites is 1. The monoisotopic (exact) mass is 218 g/mol. The lowest BCUT2D eigenvalue weighted by Crippen LogP contribution is -2.15. The molecule has 3 rings (SSSR count). The van der Waals surface area contributed by atoms with Crippen molar-refractivity contribution in [2.75, 3.05) is 13.2 Å². The van der Waals surface area contributed by atoms with Crippen molar-refractivity contribution in [3.8, 4) is 5.75 Å². The molecule has 0 unspecified atom stereocenters. The minimum absolute atomic E-state index is 0.163. The summed E-state index contributed by atoms with van der Waals surface area (Å²) in [5.74, 6) is 1.73. The van der Waals surface area contributed by atoms with Crippen LogP contribution in [-0.4, -0.2) is 19.3 Å². The van der Waals surface area contributed by atoms with Gasteiger partial charge in [0.25, 0.3) is 0 Å². The zero-order chi connectivity index (χ0) is 11.0. The van der Waals surface area contributed by atoms with Crippen LogP contribution in [0.15, 0.2) is 28.7 Å². The largest absolute Gasteiger partial charge is 0.484 e. The Hall–Kier alpha value is -1.48. The Balaban J connectivity index is 1.95. The molecule has 16 heavy (non-hydrogen) atoms. The molecule has 1 atom stereocenters. The summed E-state index contributed by atoms with van der Waals surface area (Å²) in [6.07, 6.45) is 1.12. The van der Waals surface area contributed by atoms with Gasteiger partial charge in [0.2, 0.25) is 0 Å². The first kappa shape index (κ1) is 9.73. The van der Waals surface area contributed by atoms with Crippen molar-refractivity contribution in [1.29, 1.82) is 0 Å². The minimum atomic E-state index is 0.163. The van der Waals surface area contributed by atoms with Crippen LogP contribution in [0.4, 0.5) is 0 Å². The summed E-state index contributed by atoms with van der Waals surface area (Å²) in [5, 5.41) is 1.09. The van der Waals surface area contributed by atoms with Crippen LogP contribution >= 0.6 is 0 Å². The maximum Gasteiger partial charge on any atom is 0.176 e. The van der Waals surface area contributed by atoms with Crippen molar-refractivity contribution in [1.82, 2.24) is 0 Å². The van der Waals surface area contributed by atoms with Gasteiger partial charge in [-0.1, -0.05) is 12.1 Å². The average Bonchev–Trinajstić information content (AvgIpc) is 2.86. The van der Waals surface area contributed by atoms with Crippen molar-refractivity contribution in [3.63, 3.8) is 0 Å². The number of furan rings is 1. The van der Waals surface area contributed by atoms with Gasteiger partial charge < -0.3 is 13.9 Å². The molecule has 1 aromatic heterocycles. The highest BCUT2D eigenvalue weighted by atomic mass is 16.5. The van der Waals surface area contributed by atoms with Gasteiger partial charge in [0.05, 0.1) is 13.2 Å². The predicted molar refractivity (Wildman–Crippen MR) is 60.8 cm³/mol. The molecule has 1 saturated heterocycles. The van der Waals surface area contributed by atoms with Crippen LogP contribution in [0.25, 0.3) is 11.0 Å². The Morgan fingerprint density at radius 3 is 3.12 bits per heavy atom. The molecule has 1 aliphatic heterocycles. The van der Waals surface area contributed by atoms with Crippen LogP contribution in [-0.2, 0) is 4.74 Å². The molecule has 3 nitrogen and oxygen atoms in total. The van der Waals surface area contributed by atoms with E-state index in [0.717, 1.165) is 35.5 Å². The van der Waals surface area contributed by atoms with Crippen molar-refractivity contribution in [3.05, 3.63) is 30.0 Å². The Bertz CT molecular complexity index is 495. The van der Waals surface area contributed by atoms with Gasteiger partial charge in [-0.05, 0) is 19.1 Å². The van der Waals surface area contributed by atoms with Crippen LogP contribution in [0.2, 0.25) is 0 Å². The first-order valence-corrected chi connectivity index (χ1v) is 5.56. The lowest BCUT2D eigenvalue weighted by atomic mass is 10.2. The number of hydrogen-bond acceptors (Lipinski definition) is 3. The van der Waals surface area contributed by atoms with Gasteiger partial charge in [-0.15, -0.1) is 0 Å². The molecule has 0 aliphatic carbocycles. The molecule has 0 amide bonds. The Morgan fingerprint density at radius 1 is 1.38 bits per heavy atom. The highest BCUT2D eigenvalue weighted by molar-refractivity contribution is 5.83. The first-order valence-electron chi connectivity index (χ1n) is 5.56. The fraction of sp³-hybridized carbons (Fsp3) is 0.385. The van der Waals surface area contributed by atoms with Gasteiger partial charge in [0.15, 0.2) is 11.3 Å². The van der Waals surface area contributed by atoms with E-state index >= 15 is 0 Å². The fourth-order valence-corrected chi connectivity index (χ4v) is 2.04. The zero-order valence-corrected chi connectivity index (χ0v) is 9.23. The first-order chi connectivity index (χ1) is 7.83. The lowest BCUT2D eigenvalue weighted by molar-refractivity contribution is 0.141. The van der Waals surface area contributed by atoms with Gasteiger partial charge in [0.1, 0.15) is 11.9 Å². The molecule has 0 saturated carbocycles. The van der Waals surface area contributed by atoms with Crippen LogP contribution in [0.5, 0.6) is 5.75 Å². The van der Waals surface area contributed by atoms with Crippen molar-refractivity contribution in [2.45, 2.75) is 19.4 Å². The fourth-order valence-electron chi connectivity index (χ4n) is 2.04. The summed E-state index contributed by atoms with van der Waals surface area (Å²) in [7, 11) is 0. The third-order valence-electron chi connectivity index (χ3n) is 2.81. The third-order valence-corrected chi connectivity index (χ3v) is 2.81. The van der Waals surface area contributed by atoms with Gasteiger partial charge in [-0.3, -0.25) is 0 Å². The normalized spacial score (nSPS) is 20.4. The van der Waals surface area contributed by atoms with E-state index in [4.69, 9.17) is 13.9 Å². The summed E-state index contributed by atoms with van der Waals surface area (Å²) >= 11 is 0. The van der Waals surface area contributed by atoms with Crippen LogP contribution in [0.3, 0.4) is 0 Å².